The van der Waals surface area contributed by atoms with Crippen LogP contribution in [0.1, 0.15) is 31.2 Å². The molecule has 1 fully saturated rings. The van der Waals surface area contributed by atoms with Gasteiger partial charge < -0.3 is 9.84 Å². The molecule has 1 aromatic carbocycles. The lowest BCUT2D eigenvalue weighted by atomic mass is 9.93. The number of aromatic hydroxyl groups is 1. The Morgan fingerprint density at radius 3 is 2.84 bits per heavy atom. The first-order valence-electron chi connectivity index (χ1n) is 6.82. The van der Waals surface area contributed by atoms with E-state index in [2.05, 4.69) is 11.6 Å². The maximum atomic E-state index is 9.22. The predicted octanol–water partition coefficient (Wildman–Crippen LogP) is 3.32. The van der Waals surface area contributed by atoms with Gasteiger partial charge in [0.15, 0.2) is 0 Å². The van der Waals surface area contributed by atoms with Crippen molar-refractivity contribution in [1.29, 1.82) is 0 Å². The van der Waals surface area contributed by atoms with Gasteiger partial charge in [0.25, 0.3) is 0 Å². The summed E-state index contributed by atoms with van der Waals surface area (Å²) in [6.45, 7) is 4.30. The van der Waals surface area contributed by atoms with Gasteiger partial charge in [0.2, 0.25) is 0 Å². The lowest BCUT2D eigenvalue weighted by molar-refractivity contribution is 0.0414. The Hall–Kier alpha value is -1.61. The minimum absolute atomic E-state index is 0.285. The summed E-state index contributed by atoms with van der Waals surface area (Å²) in [4.78, 5) is 4.63. The number of hydrogen-bond acceptors (Lipinski definition) is 3. The maximum Gasteiger partial charge on any atom is 0.115 e. The van der Waals surface area contributed by atoms with Gasteiger partial charge in [-0.2, -0.15) is 0 Å². The van der Waals surface area contributed by atoms with Crippen molar-refractivity contribution in [2.75, 3.05) is 6.61 Å². The molecule has 0 amide bonds. The van der Waals surface area contributed by atoms with Gasteiger partial charge in [-0.1, -0.05) is 6.08 Å². The van der Waals surface area contributed by atoms with Crippen molar-refractivity contribution in [3.8, 4) is 5.75 Å². The van der Waals surface area contributed by atoms with E-state index in [-0.39, 0.29) is 5.75 Å². The minimum atomic E-state index is 0.285. The number of aliphatic imine (C=N–C) groups is 1. The lowest BCUT2D eigenvalue weighted by Gasteiger charge is -2.26. The van der Waals surface area contributed by atoms with Crippen LogP contribution < -0.4 is 0 Å². The summed E-state index contributed by atoms with van der Waals surface area (Å²) in [6.07, 6.45) is 8.40. The number of nitrogens with zero attached hydrogens (tertiary/aromatic N) is 1. The molecule has 1 aliphatic rings. The molecule has 0 bridgehead atoms. The fourth-order valence-corrected chi connectivity index (χ4v) is 2.36. The summed E-state index contributed by atoms with van der Waals surface area (Å²) in [6, 6.07) is 7.44. The third kappa shape index (κ3) is 4.52. The molecular weight excluding hydrogens is 238 g/mol. The standard InChI is InChI=1S/C16H21NO2/c1-2-10-19-16-5-3-4-14(11-16)17-12-13-6-8-15(18)9-7-13/h2,6-9,12,14,16,18H,1,3-5,10-11H2. The van der Waals surface area contributed by atoms with Crippen LogP contribution in [0.15, 0.2) is 41.9 Å². The van der Waals surface area contributed by atoms with Crippen molar-refractivity contribution in [2.24, 2.45) is 4.99 Å². The van der Waals surface area contributed by atoms with Crippen molar-refractivity contribution < 1.29 is 9.84 Å². The number of phenols is 1. The molecule has 0 aromatic heterocycles. The lowest BCUT2D eigenvalue weighted by Crippen LogP contribution is -2.25. The Bertz CT molecular complexity index is 425. The first-order valence-corrected chi connectivity index (χ1v) is 6.82. The number of benzene rings is 1. The van der Waals surface area contributed by atoms with Crippen LogP contribution in [0.2, 0.25) is 0 Å². The van der Waals surface area contributed by atoms with E-state index < -0.39 is 0 Å². The molecule has 0 heterocycles. The van der Waals surface area contributed by atoms with Gasteiger partial charge in [0.05, 0.1) is 18.8 Å². The summed E-state index contributed by atoms with van der Waals surface area (Å²) < 4.78 is 5.71. The second kappa shape index (κ2) is 7.10. The fraction of sp³-hybridized carbons (Fsp3) is 0.438. The summed E-state index contributed by atoms with van der Waals surface area (Å²) >= 11 is 0. The van der Waals surface area contributed by atoms with Crippen LogP contribution in [0.3, 0.4) is 0 Å². The van der Waals surface area contributed by atoms with Crippen LogP contribution >= 0.6 is 0 Å². The minimum Gasteiger partial charge on any atom is -0.508 e. The Labute approximate surface area is 114 Å². The van der Waals surface area contributed by atoms with Gasteiger partial charge >= 0.3 is 0 Å². The highest BCUT2D eigenvalue weighted by Gasteiger charge is 2.21. The van der Waals surface area contributed by atoms with Gasteiger partial charge in [-0.3, -0.25) is 4.99 Å². The van der Waals surface area contributed by atoms with E-state index in [0.717, 1.165) is 24.8 Å². The molecule has 1 saturated carbocycles. The van der Waals surface area contributed by atoms with Crippen LogP contribution in [0.5, 0.6) is 5.75 Å². The molecule has 2 atom stereocenters. The van der Waals surface area contributed by atoms with Crippen LogP contribution in [-0.2, 0) is 4.74 Å². The molecule has 0 spiro atoms. The first-order chi connectivity index (χ1) is 9.28. The Kier molecular flexibility index (Phi) is 5.16. The van der Waals surface area contributed by atoms with E-state index in [4.69, 9.17) is 4.74 Å². The second-order valence-corrected chi connectivity index (χ2v) is 4.93. The van der Waals surface area contributed by atoms with Crippen molar-refractivity contribution in [3.63, 3.8) is 0 Å². The van der Waals surface area contributed by atoms with Crippen molar-refractivity contribution in [1.82, 2.24) is 0 Å². The van der Waals surface area contributed by atoms with Gasteiger partial charge in [-0.05, 0) is 55.5 Å². The quantitative estimate of drug-likeness (QED) is 0.651. The highest BCUT2D eigenvalue weighted by Crippen LogP contribution is 2.23. The molecule has 0 saturated heterocycles. The van der Waals surface area contributed by atoms with Crippen LogP contribution in [0, 0.1) is 0 Å². The third-order valence-electron chi connectivity index (χ3n) is 3.38. The molecule has 1 aromatic rings. The summed E-state index contributed by atoms with van der Waals surface area (Å²) in [5, 5.41) is 9.22. The molecule has 0 radical (unpaired) electrons. The van der Waals surface area contributed by atoms with E-state index in [0.29, 0.717) is 18.8 Å². The number of ether oxygens (including phenoxy) is 1. The van der Waals surface area contributed by atoms with Crippen LogP contribution in [0.25, 0.3) is 0 Å². The second-order valence-electron chi connectivity index (χ2n) is 4.93. The summed E-state index contributed by atoms with van der Waals surface area (Å²) in [5.41, 5.74) is 1.02. The molecular formula is C16H21NO2. The molecule has 19 heavy (non-hydrogen) atoms. The molecule has 102 valence electrons. The highest BCUT2D eigenvalue weighted by molar-refractivity contribution is 5.79. The molecule has 3 heteroatoms. The molecule has 1 aliphatic carbocycles. The van der Waals surface area contributed by atoms with Gasteiger partial charge in [-0.25, -0.2) is 0 Å². The zero-order chi connectivity index (χ0) is 13.5. The van der Waals surface area contributed by atoms with E-state index in [9.17, 15) is 5.11 Å². The van der Waals surface area contributed by atoms with E-state index >= 15 is 0 Å². The summed E-state index contributed by atoms with van der Waals surface area (Å²) in [7, 11) is 0. The Balaban J connectivity index is 1.87. The average Bonchev–Trinajstić information content (AvgIpc) is 2.45. The zero-order valence-electron chi connectivity index (χ0n) is 11.2. The average molecular weight is 259 g/mol. The molecule has 2 rings (SSSR count). The number of rotatable bonds is 5. The van der Waals surface area contributed by atoms with Gasteiger partial charge in [0, 0.05) is 6.21 Å². The van der Waals surface area contributed by atoms with E-state index in [1.165, 1.54) is 6.42 Å². The maximum absolute atomic E-state index is 9.22. The van der Waals surface area contributed by atoms with Crippen molar-refractivity contribution >= 4 is 6.21 Å². The topological polar surface area (TPSA) is 41.8 Å². The summed E-state index contributed by atoms with van der Waals surface area (Å²) in [5.74, 6) is 0.285. The highest BCUT2D eigenvalue weighted by atomic mass is 16.5. The smallest absolute Gasteiger partial charge is 0.115 e. The normalized spacial score (nSPS) is 23.6. The van der Waals surface area contributed by atoms with Crippen molar-refractivity contribution in [3.05, 3.63) is 42.5 Å². The largest absolute Gasteiger partial charge is 0.508 e. The number of phenolic OH excluding ortho intramolecular Hbond substituents is 1. The van der Waals surface area contributed by atoms with Crippen LogP contribution in [0.4, 0.5) is 0 Å². The van der Waals surface area contributed by atoms with Crippen molar-refractivity contribution in [2.45, 2.75) is 37.8 Å². The zero-order valence-corrected chi connectivity index (χ0v) is 11.2. The molecule has 1 N–H and O–H groups in total. The van der Waals surface area contributed by atoms with E-state index in [1.54, 1.807) is 18.2 Å². The molecule has 3 nitrogen and oxygen atoms in total. The Morgan fingerprint density at radius 1 is 1.32 bits per heavy atom. The monoisotopic (exact) mass is 259 g/mol. The first kappa shape index (κ1) is 13.8. The molecule has 0 aliphatic heterocycles. The van der Waals surface area contributed by atoms with Gasteiger partial charge in [-0.15, -0.1) is 6.58 Å². The van der Waals surface area contributed by atoms with Gasteiger partial charge in [0.1, 0.15) is 5.75 Å². The third-order valence-corrected chi connectivity index (χ3v) is 3.38. The predicted molar refractivity (Wildman–Crippen MR) is 77.9 cm³/mol. The SMILES string of the molecule is C=CCOC1CCCC(N=Cc2ccc(O)cc2)C1. The number of hydrogen-bond donors (Lipinski definition) is 1. The Morgan fingerprint density at radius 2 is 2.11 bits per heavy atom. The van der Waals surface area contributed by atoms with E-state index in [1.807, 2.05) is 18.3 Å². The fourth-order valence-electron chi connectivity index (χ4n) is 2.36. The van der Waals surface area contributed by atoms with Crippen LogP contribution in [-0.4, -0.2) is 30.1 Å². The molecule has 2 unspecified atom stereocenters.